The number of nitrogens with zero attached hydrogens (tertiary/aromatic N) is 2. The Morgan fingerprint density at radius 3 is 2.46 bits per heavy atom. The molecule has 1 heterocycles. The Morgan fingerprint density at radius 2 is 1.92 bits per heavy atom. The first-order valence-electron chi connectivity index (χ1n) is 4.87. The van der Waals surface area contributed by atoms with Crippen LogP contribution in [0.2, 0.25) is 0 Å². The number of likely N-dealkylation sites (N-methyl/N-ethyl adjacent to an activating group) is 1. The van der Waals surface area contributed by atoms with Crippen LogP contribution in [0.1, 0.15) is 6.92 Å². The third-order valence-corrected chi connectivity index (χ3v) is 2.35. The molecule has 76 valence electrons. The van der Waals surface area contributed by atoms with Gasteiger partial charge in [0.25, 0.3) is 0 Å². The summed E-state index contributed by atoms with van der Waals surface area (Å²) in [4.78, 5) is 4.79. The van der Waals surface area contributed by atoms with E-state index in [1.165, 1.54) is 13.1 Å². The van der Waals surface area contributed by atoms with Gasteiger partial charge in [0.1, 0.15) is 6.61 Å². The average molecular weight is 184 g/mol. The lowest BCUT2D eigenvalue weighted by atomic mass is 10.3. The molecule has 0 radical (unpaired) electrons. The summed E-state index contributed by atoms with van der Waals surface area (Å²) >= 11 is 0. The highest BCUT2D eigenvalue weighted by atomic mass is 16.5. The standard InChI is InChI=1S/C10H20N2O/c1-10(2)13-9-8-12-6-4-11(3)5-7-12/h1,4-9H2,2-3H3. The minimum absolute atomic E-state index is 0.777. The molecule has 13 heavy (non-hydrogen) atoms. The molecule has 1 saturated heterocycles. The second-order valence-corrected chi connectivity index (χ2v) is 3.70. The molecule has 0 amide bonds. The number of piperazine rings is 1. The third kappa shape index (κ3) is 4.29. The molecule has 0 aromatic rings. The summed E-state index contributed by atoms with van der Waals surface area (Å²) in [6.45, 7) is 12.1. The lowest BCUT2D eigenvalue weighted by molar-refractivity contribution is 0.114. The second-order valence-electron chi connectivity index (χ2n) is 3.70. The predicted molar refractivity (Wildman–Crippen MR) is 54.7 cm³/mol. The van der Waals surface area contributed by atoms with E-state index >= 15 is 0 Å². The largest absolute Gasteiger partial charge is 0.498 e. The third-order valence-electron chi connectivity index (χ3n) is 2.35. The van der Waals surface area contributed by atoms with Gasteiger partial charge in [0, 0.05) is 32.7 Å². The molecule has 3 heteroatoms. The summed E-state index contributed by atoms with van der Waals surface area (Å²) in [7, 11) is 2.17. The Hall–Kier alpha value is -0.540. The van der Waals surface area contributed by atoms with Crippen LogP contribution in [0.4, 0.5) is 0 Å². The van der Waals surface area contributed by atoms with Crippen molar-refractivity contribution < 1.29 is 4.74 Å². The zero-order valence-corrected chi connectivity index (χ0v) is 8.75. The molecule has 0 saturated carbocycles. The molecule has 1 fully saturated rings. The Balaban J connectivity index is 2.05. The van der Waals surface area contributed by atoms with Crippen molar-refractivity contribution in [3.05, 3.63) is 12.3 Å². The SMILES string of the molecule is C=C(C)OCCN1CCN(C)CC1. The predicted octanol–water partition coefficient (Wildman–Crippen LogP) is 0.784. The smallest absolute Gasteiger partial charge is 0.100 e. The van der Waals surface area contributed by atoms with Gasteiger partial charge in [-0.25, -0.2) is 0 Å². The average Bonchev–Trinajstić information content (AvgIpc) is 2.08. The van der Waals surface area contributed by atoms with Gasteiger partial charge in [0.05, 0.1) is 5.76 Å². The summed E-state index contributed by atoms with van der Waals surface area (Å²) in [5.74, 6) is 0.814. The molecule has 0 N–H and O–H groups in total. The molecule has 1 aliphatic heterocycles. The Labute approximate surface area is 81.0 Å². The molecule has 0 atom stereocenters. The quantitative estimate of drug-likeness (QED) is 0.601. The van der Waals surface area contributed by atoms with Gasteiger partial charge >= 0.3 is 0 Å². The first-order chi connectivity index (χ1) is 6.18. The Morgan fingerprint density at radius 1 is 1.31 bits per heavy atom. The fraction of sp³-hybridized carbons (Fsp3) is 0.800. The van der Waals surface area contributed by atoms with Crippen molar-refractivity contribution in [2.75, 3.05) is 46.4 Å². The van der Waals surface area contributed by atoms with Crippen LogP contribution in [0.3, 0.4) is 0 Å². The molecule has 0 unspecified atom stereocenters. The molecular formula is C10H20N2O. The van der Waals surface area contributed by atoms with Crippen molar-refractivity contribution in [2.45, 2.75) is 6.92 Å². The zero-order chi connectivity index (χ0) is 9.68. The van der Waals surface area contributed by atoms with Crippen molar-refractivity contribution in [2.24, 2.45) is 0 Å². The van der Waals surface area contributed by atoms with Gasteiger partial charge in [-0.2, -0.15) is 0 Å². The van der Waals surface area contributed by atoms with Crippen LogP contribution in [0.15, 0.2) is 12.3 Å². The van der Waals surface area contributed by atoms with E-state index in [9.17, 15) is 0 Å². The molecule has 0 spiro atoms. The van der Waals surface area contributed by atoms with Crippen molar-refractivity contribution in [1.82, 2.24) is 9.80 Å². The van der Waals surface area contributed by atoms with Crippen LogP contribution >= 0.6 is 0 Å². The molecule has 0 aliphatic carbocycles. The van der Waals surface area contributed by atoms with Crippen LogP contribution in [-0.2, 0) is 4.74 Å². The number of hydrogen-bond donors (Lipinski definition) is 0. The van der Waals surface area contributed by atoms with E-state index in [-0.39, 0.29) is 0 Å². The summed E-state index contributed by atoms with van der Waals surface area (Å²) in [5.41, 5.74) is 0. The monoisotopic (exact) mass is 184 g/mol. The molecule has 1 rings (SSSR count). The fourth-order valence-electron chi connectivity index (χ4n) is 1.42. The van der Waals surface area contributed by atoms with Gasteiger partial charge in [-0.1, -0.05) is 6.58 Å². The first-order valence-corrected chi connectivity index (χ1v) is 4.87. The van der Waals surface area contributed by atoms with Crippen LogP contribution in [-0.4, -0.2) is 56.2 Å². The molecule has 1 aliphatic rings. The van der Waals surface area contributed by atoms with E-state index in [1.807, 2.05) is 6.92 Å². The lowest BCUT2D eigenvalue weighted by Crippen LogP contribution is -2.45. The van der Waals surface area contributed by atoms with E-state index in [1.54, 1.807) is 0 Å². The molecule has 0 aromatic heterocycles. The summed E-state index contributed by atoms with van der Waals surface area (Å²) in [5, 5.41) is 0. The van der Waals surface area contributed by atoms with Crippen LogP contribution in [0, 0.1) is 0 Å². The minimum atomic E-state index is 0.777. The highest BCUT2D eigenvalue weighted by Gasteiger charge is 2.12. The van der Waals surface area contributed by atoms with Gasteiger partial charge in [0.15, 0.2) is 0 Å². The number of hydrogen-bond acceptors (Lipinski definition) is 3. The molecule has 0 bridgehead atoms. The van der Waals surface area contributed by atoms with Crippen molar-refractivity contribution in [3.8, 4) is 0 Å². The van der Waals surface area contributed by atoms with Gasteiger partial charge in [-0.3, -0.25) is 4.90 Å². The van der Waals surface area contributed by atoms with Gasteiger partial charge in [-0.05, 0) is 14.0 Å². The molecule has 0 aromatic carbocycles. The van der Waals surface area contributed by atoms with Gasteiger partial charge in [-0.15, -0.1) is 0 Å². The second kappa shape index (κ2) is 5.25. The van der Waals surface area contributed by atoms with Crippen molar-refractivity contribution in [3.63, 3.8) is 0 Å². The van der Waals surface area contributed by atoms with Gasteiger partial charge < -0.3 is 9.64 Å². The maximum absolute atomic E-state index is 5.32. The Kier molecular flexibility index (Phi) is 4.25. The minimum Gasteiger partial charge on any atom is -0.498 e. The number of rotatable bonds is 4. The van der Waals surface area contributed by atoms with E-state index in [4.69, 9.17) is 4.74 Å². The topological polar surface area (TPSA) is 15.7 Å². The van der Waals surface area contributed by atoms with Crippen LogP contribution in [0.25, 0.3) is 0 Å². The summed E-state index contributed by atoms with van der Waals surface area (Å²) in [6.07, 6.45) is 0. The van der Waals surface area contributed by atoms with Crippen molar-refractivity contribution in [1.29, 1.82) is 0 Å². The van der Waals surface area contributed by atoms with E-state index in [2.05, 4.69) is 23.4 Å². The summed E-state index contributed by atoms with van der Waals surface area (Å²) in [6, 6.07) is 0. The van der Waals surface area contributed by atoms with E-state index < -0.39 is 0 Å². The van der Waals surface area contributed by atoms with E-state index in [0.29, 0.717) is 0 Å². The zero-order valence-electron chi connectivity index (χ0n) is 8.75. The van der Waals surface area contributed by atoms with Crippen LogP contribution in [0.5, 0.6) is 0 Å². The number of ether oxygens (including phenoxy) is 1. The lowest BCUT2D eigenvalue weighted by Gasteiger charge is -2.32. The maximum atomic E-state index is 5.32. The van der Waals surface area contributed by atoms with Crippen molar-refractivity contribution >= 4 is 0 Å². The first kappa shape index (κ1) is 10.5. The summed E-state index contributed by atoms with van der Waals surface area (Å²) < 4.78 is 5.32. The van der Waals surface area contributed by atoms with Crippen LogP contribution < -0.4 is 0 Å². The fourth-order valence-corrected chi connectivity index (χ4v) is 1.42. The maximum Gasteiger partial charge on any atom is 0.100 e. The number of allylic oxidation sites excluding steroid dienone is 1. The molecular weight excluding hydrogens is 164 g/mol. The normalized spacial score (nSPS) is 20.2. The Bertz CT molecular complexity index is 162. The van der Waals surface area contributed by atoms with Gasteiger partial charge in [0.2, 0.25) is 0 Å². The highest BCUT2D eigenvalue weighted by molar-refractivity contribution is 4.74. The van der Waals surface area contributed by atoms with E-state index in [0.717, 1.165) is 32.0 Å². The molecule has 3 nitrogen and oxygen atoms in total. The highest BCUT2D eigenvalue weighted by Crippen LogP contribution is 1.99.